The molecule has 624 valence electrons. The average Bonchev–Trinajstić information content (AvgIpc) is 0.887. The van der Waals surface area contributed by atoms with E-state index in [0.29, 0.717) is 25.7 Å². The maximum Gasteiger partial charge on any atom is 0.472 e. The topological polar surface area (TPSA) is 237 Å². The molecule has 0 saturated carbocycles. The molecular weight excluding hydrogens is 1400 g/mol. The first-order chi connectivity index (χ1) is 52.7. The molecule has 0 aliphatic heterocycles. The highest BCUT2D eigenvalue weighted by atomic mass is 31.2. The van der Waals surface area contributed by atoms with Crippen LogP contribution in [0.2, 0.25) is 0 Å². The van der Waals surface area contributed by atoms with E-state index >= 15 is 0 Å². The van der Waals surface area contributed by atoms with Crippen molar-refractivity contribution in [1.82, 2.24) is 0 Å². The number of carbonyl (C=O) groups is 4. The number of rotatable bonds is 81. The van der Waals surface area contributed by atoms with Crippen molar-refractivity contribution in [3.63, 3.8) is 0 Å². The van der Waals surface area contributed by atoms with Crippen LogP contribution < -0.4 is 0 Å². The fourth-order valence-electron chi connectivity index (χ4n) is 11.7. The molecule has 5 atom stereocenters. The monoisotopic (exact) mass is 1560 g/mol. The van der Waals surface area contributed by atoms with Crippen LogP contribution >= 0.6 is 15.6 Å². The molecule has 0 fully saturated rings. The lowest BCUT2D eigenvalue weighted by Crippen LogP contribution is -2.30. The highest BCUT2D eigenvalue weighted by Gasteiger charge is 2.30. The largest absolute Gasteiger partial charge is 0.472 e. The van der Waals surface area contributed by atoms with E-state index in [2.05, 4.69) is 137 Å². The first-order valence-electron chi connectivity index (χ1n) is 43.1. The van der Waals surface area contributed by atoms with Gasteiger partial charge in [-0.05, 0) is 135 Å². The van der Waals surface area contributed by atoms with Crippen molar-refractivity contribution in [3.05, 3.63) is 109 Å². The molecular formula is C89H156O17P2. The van der Waals surface area contributed by atoms with E-state index in [1.165, 1.54) is 89.9 Å². The Morgan fingerprint density at radius 3 is 0.759 bits per heavy atom. The zero-order valence-corrected chi connectivity index (χ0v) is 70.3. The molecule has 108 heavy (non-hydrogen) atoms. The second-order valence-corrected chi connectivity index (χ2v) is 31.7. The Morgan fingerprint density at radius 1 is 0.269 bits per heavy atom. The van der Waals surface area contributed by atoms with Crippen molar-refractivity contribution in [2.24, 2.45) is 0 Å². The number of aliphatic hydroxyl groups is 1. The van der Waals surface area contributed by atoms with Gasteiger partial charge in [0.05, 0.1) is 26.4 Å². The number of esters is 4. The Hall–Kier alpha value is -4.28. The Labute approximate surface area is 658 Å². The first-order valence-corrected chi connectivity index (χ1v) is 46.1. The lowest BCUT2D eigenvalue weighted by atomic mass is 10.0. The van der Waals surface area contributed by atoms with Crippen LogP contribution in [-0.2, 0) is 65.4 Å². The van der Waals surface area contributed by atoms with Gasteiger partial charge in [0.25, 0.3) is 0 Å². The van der Waals surface area contributed by atoms with E-state index in [1.807, 2.05) is 0 Å². The van der Waals surface area contributed by atoms with E-state index in [0.717, 1.165) is 205 Å². The average molecular weight is 1560 g/mol. The molecule has 19 heteroatoms. The summed E-state index contributed by atoms with van der Waals surface area (Å²) in [5.41, 5.74) is 0. The predicted molar refractivity (Wildman–Crippen MR) is 445 cm³/mol. The lowest BCUT2D eigenvalue weighted by Gasteiger charge is -2.21. The molecule has 0 aliphatic carbocycles. The molecule has 0 saturated heterocycles. The second-order valence-electron chi connectivity index (χ2n) is 28.7. The van der Waals surface area contributed by atoms with Crippen molar-refractivity contribution in [2.75, 3.05) is 39.6 Å². The molecule has 3 N–H and O–H groups in total. The van der Waals surface area contributed by atoms with Crippen LogP contribution in [0.1, 0.15) is 374 Å². The van der Waals surface area contributed by atoms with Gasteiger partial charge in [-0.25, -0.2) is 9.13 Å². The molecule has 0 heterocycles. The number of hydrogen-bond donors (Lipinski definition) is 3. The molecule has 0 bridgehead atoms. The Morgan fingerprint density at radius 2 is 0.481 bits per heavy atom. The van der Waals surface area contributed by atoms with E-state index < -0.39 is 97.5 Å². The maximum absolute atomic E-state index is 13.1. The van der Waals surface area contributed by atoms with Crippen molar-refractivity contribution in [2.45, 2.75) is 393 Å². The van der Waals surface area contributed by atoms with Crippen LogP contribution in [0.15, 0.2) is 109 Å². The summed E-state index contributed by atoms with van der Waals surface area (Å²) >= 11 is 0. The van der Waals surface area contributed by atoms with Crippen LogP contribution in [0, 0.1) is 0 Å². The normalized spacial score (nSPS) is 14.3. The zero-order chi connectivity index (χ0) is 78.9. The van der Waals surface area contributed by atoms with Gasteiger partial charge in [0, 0.05) is 25.7 Å². The maximum atomic E-state index is 13.1. The fraction of sp³-hybridized carbons (Fsp3) is 0.753. The number of hydrogen-bond acceptors (Lipinski definition) is 15. The number of unbranched alkanes of at least 4 members (excludes halogenated alkanes) is 37. The number of carbonyl (C=O) groups excluding carboxylic acids is 4. The third kappa shape index (κ3) is 79.8. The summed E-state index contributed by atoms with van der Waals surface area (Å²) in [5.74, 6) is -2.19. The SMILES string of the molecule is CC/C=C\C/C=C\C/C=C\CCCCCCCCCC(=O)OCC(COP(=O)(O)OCC(O)COP(=O)(O)OCC(COC(=O)CCCCCCCC/C=C\C/C=C\C/C=C\CCCCC)OC(=O)CCCCCCCC/C=C\C/C=C\C/C=C\CCCCC)OC(=O)CCCCCCCCCCCCCCC. The number of aliphatic hydroxyl groups excluding tert-OH is 1. The minimum absolute atomic E-state index is 0.0772. The summed E-state index contributed by atoms with van der Waals surface area (Å²) in [4.78, 5) is 73.3. The summed E-state index contributed by atoms with van der Waals surface area (Å²) in [6.07, 6.45) is 88.9. The Bertz CT molecular complexity index is 2470. The van der Waals surface area contributed by atoms with Gasteiger partial charge in [-0.2, -0.15) is 0 Å². The molecule has 0 aromatic heterocycles. The van der Waals surface area contributed by atoms with Crippen molar-refractivity contribution < 1.29 is 80.2 Å². The number of phosphoric acid groups is 2. The molecule has 0 aromatic carbocycles. The molecule has 0 spiro atoms. The van der Waals surface area contributed by atoms with Gasteiger partial charge >= 0.3 is 39.5 Å². The van der Waals surface area contributed by atoms with Crippen molar-refractivity contribution in [1.29, 1.82) is 0 Å². The minimum atomic E-state index is -4.99. The second kappa shape index (κ2) is 80.8. The van der Waals surface area contributed by atoms with Crippen molar-refractivity contribution in [3.8, 4) is 0 Å². The molecule has 17 nitrogen and oxygen atoms in total. The highest BCUT2D eigenvalue weighted by Crippen LogP contribution is 2.45. The lowest BCUT2D eigenvalue weighted by molar-refractivity contribution is -0.161. The van der Waals surface area contributed by atoms with Gasteiger partial charge < -0.3 is 33.8 Å². The summed E-state index contributed by atoms with van der Waals surface area (Å²) in [5, 5.41) is 10.7. The summed E-state index contributed by atoms with van der Waals surface area (Å²) in [7, 11) is -9.97. The highest BCUT2D eigenvalue weighted by molar-refractivity contribution is 7.47. The predicted octanol–water partition coefficient (Wildman–Crippen LogP) is 25.7. The smallest absolute Gasteiger partial charge is 0.462 e. The third-order valence-electron chi connectivity index (χ3n) is 18.2. The van der Waals surface area contributed by atoms with Crippen molar-refractivity contribution >= 4 is 39.5 Å². The molecule has 0 amide bonds. The zero-order valence-electron chi connectivity index (χ0n) is 68.5. The first kappa shape index (κ1) is 104. The van der Waals surface area contributed by atoms with Gasteiger partial charge in [-0.1, -0.05) is 323 Å². The molecule has 0 aromatic rings. The van der Waals surface area contributed by atoms with E-state index in [-0.39, 0.29) is 25.7 Å². The van der Waals surface area contributed by atoms with E-state index in [9.17, 15) is 43.2 Å². The summed E-state index contributed by atoms with van der Waals surface area (Å²) in [6.45, 7) is 4.74. The van der Waals surface area contributed by atoms with Gasteiger partial charge in [0.1, 0.15) is 19.3 Å². The van der Waals surface area contributed by atoms with Gasteiger partial charge in [-0.3, -0.25) is 37.3 Å². The molecule has 0 radical (unpaired) electrons. The Kier molecular flexibility index (Phi) is 77.6. The van der Waals surface area contributed by atoms with Crippen LogP contribution in [0.25, 0.3) is 0 Å². The van der Waals surface area contributed by atoms with E-state index in [1.54, 1.807) is 0 Å². The van der Waals surface area contributed by atoms with Gasteiger partial charge in [-0.15, -0.1) is 0 Å². The van der Waals surface area contributed by atoms with E-state index in [4.69, 9.17) is 37.0 Å². The number of phosphoric ester groups is 2. The molecule has 0 aliphatic rings. The number of ether oxygens (including phenoxy) is 4. The summed E-state index contributed by atoms with van der Waals surface area (Å²) < 4.78 is 68.8. The molecule has 5 unspecified atom stereocenters. The van der Waals surface area contributed by atoms with Crippen LogP contribution in [0.5, 0.6) is 0 Å². The minimum Gasteiger partial charge on any atom is -0.462 e. The van der Waals surface area contributed by atoms with Gasteiger partial charge in [0.15, 0.2) is 12.2 Å². The van der Waals surface area contributed by atoms with Crippen LogP contribution in [0.4, 0.5) is 0 Å². The molecule has 0 rings (SSSR count). The quantitative estimate of drug-likeness (QED) is 0.0169. The Balaban J connectivity index is 5.38. The van der Waals surface area contributed by atoms with Crippen LogP contribution in [-0.4, -0.2) is 96.7 Å². The summed E-state index contributed by atoms with van der Waals surface area (Å²) in [6, 6.07) is 0. The number of allylic oxidation sites excluding steroid dienone is 18. The fourth-order valence-corrected chi connectivity index (χ4v) is 13.2. The van der Waals surface area contributed by atoms with Gasteiger partial charge in [0.2, 0.25) is 0 Å². The van der Waals surface area contributed by atoms with Crippen LogP contribution in [0.3, 0.4) is 0 Å². The third-order valence-corrected chi connectivity index (χ3v) is 20.1. The standard InChI is InChI=1S/C89H156O17P2/c1-5-9-13-17-21-25-29-33-36-39-41-44-47-51-54-58-62-66-70-74-87(92)100-80-85(106-89(94)76-72-68-64-60-56-52-48-45-42-40-37-34-30-26-22-18-14-10-6-2)82-104-108(97,98)102-78-83(90)77-101-107(95,96)103-81-84(105-88(93)75-71-67-63-59-55-49-32-28-24-20-16-12-8-4)79-99-86(91)73-69-65-61-57-53-50-46-43-38-35-31-27-23-19-15-11-7-3/h11,15,21-23,25-27,33-38,41-42,44-45,83-85,90H,5-10,12-14,16-20,24,28-32,39-40,43,46-82H2,1-4H3,(H,95,96)(H,97,98)/b15-11-,25-21-,26-22-,27-23-,36-33-,37-34-,38-35-,44-41-,45-42-.